The maximum atomic E-state index is 12.4. The number of benzene rings is 2. The van der Waals surface area contributed by atoms with Crippen molar-refractivity contribution < 1.29 is 0 Å². The summed E-state index contributed by atoms with van der Waals surface area (Å²) in [5, 5.41) is 1.56. The fourth-order valence-corrected chi connectivity index (χ4v) is 3.16. The van der Waals surface area contributed by atoms with E-state index in [4.69, 9.17) is 5.73 Å². The van der Waals surface area contributed by atoms with Crippen LogP contribution >= 0.6 is 11.3 Å². The third-order valence-electron chi connectivity index (χ3n) is 3.13. The van der Waals surface area contributed by atoms with Gasteiger partial charge in [-0.25, -0.2) is 0 Å². The van der Waals surface area contributed by atoms with Crippen molar-refractivity contribution in [3.8, 4) is 0 Å². The highest BCUT2D eigenvalue weighted by Gasteiger charge is 2.07. The van der Waals surface area contributed by atoms with Crippen molar-refractivity contribution in [2.45, 2.75) is 13.0 Å². The molecule has 0 aliphatic carbocycles. The SMILES string of the molecule is CC(N)c1ccc2sc3ccccc3c(=O)c2c1. The van der Waals surface area contributed by atoms with E-state index in [1.54, 1.807) is 11.3 Å². The molecule has 18 heavy (non-hydrogen) atoms. The predicted molar refractivity (Wildman–Crippen MR) is 78.2 cm³/mol. The van der Waals surface area contributed by atoms with Gasteiger partial charge in [0.2, 0.25) is 0 Å². The average molecular weight is 255 g/mol. The second-order valence-electron chi connectivity index (χ2n) is 4.47. The number of hydrogen-bond donors (Lipinski definition) is 1. The summed E-state index contributed by atoms with van der Waals surface area (Å²) in [5.41, 5.74) is 6.97. The molecule has 2 nitrogen and oxygen atoms in total. The van der Waals surface area contributed by atoms with Crippen LogP contribution in [0.15, 0.2) is 47.3 Å². The van der Waals surface area contributed by atoms with Crippen molar-refractivity contribution in [1.29, 1.82) is 0 Å². The molecular weight excluding hydrogens is 242 g/mol. The fourth-order valence-electron chi connectivity index (χ4n) is 2.10. The van der Waals surface area contributed by atoms with Crippen molar-refractivity contribution in [2.75, 3.05) is 0 Å². The van der Waals surface area contributed by atoms with Crippen molar-refractivity contribution >= 4 is 31.5 Å². The van der Waals surface area contributed by atoms with Gasteiger partial charge in [-0.2, -0.15) is 0 Å². The standard InChI is InChI=1S/C15H13NOS/c1-9(16)10-6-7-14-12(8-10)15(17)11-4-2-3-5-13(11)18-14/h2-9H,16H2,1H3. The third kappa shape index (κ3) is 1.72. The van der Waals surface area contributed by atoms with Crippen molar-refractivity contribution in [1.82, 2.24) is 0 Å². The minimum absolute atomic E-state index is 0.0507. The molecule has 0 aliphatic rings. The summed E-state index contributed by atoms with van der Waals surface area (Å²) >= 11 is 1.65. The minimum Gasteiger partial charge on any atom is -0.324 e. The van der Waals surface area contributed by atoms with Crippen LogP contribution in [0.4, 0.5) is 0 Å². The van der Waals surface area contributed by atoms with Crippen LogP contribution in [-0.4, -0.2) is 0 Å². The lowest BCUT2D eigenvalue weighted by Gasteiger charge is -2.07. The van der Waals surface area contributed by atoms with E-state index in [0.717, 1.165) is 25.7 Å². The van der Waals surface area contributed by atoms with E-state index in [-0.39, 0.29) is 11.5 Å². The first-order chi connectivity index (χ1) is 8.66. The molecule has 0 amide bonds. The normalized spacial score (nSPS) is 13.0. The Balaban J connectivity index is 2.45. The largest absolute Gasteiger partial charge is 0.324 e. The summed E-state index contributed by atoms with van der Waals surface area (Å²) in [5.74, 6) is 0. The van der Waals surface area contributed by atoms with E-state index < -0.39 is 0 Å². The first-order valence-corrected chi connectivity index (χ1v) is 6.69. The third-order valence-corrected chi connectivity index (χ3v) is 4.28. The second kappa shape index (κ2) is 4.19. The summed E-state index contributed by atoms with van der Waals surface area (Å²) in [7, 11) is 0. The Kier molecular flexibility index (Phi) is 2.65. The first kappa shape index (κ1) is 11.4. The molecule has 90 valence electrons. The zero-order valence-electron chi connectivity index (χ0n) is 10.0. The summed E-state index contributed by atoms with van der Waals surface area (Å²) in [6.07, 6.45) is 0. The molecule has 0 spiro atoms. The molecule has 3 aromatic rings. The Morgan fingerprint density at radius 1 is 1.06 bits per heavy atom. The molecule has 3 rings (SSSR count). The maximum Gasteiger partial charge on any atom is 0.195 e. The van der Waals surface area contributed by atoms with E-state index in [1.165, 1.54) is 0 Å². The molecule has 2 N–H and O–H groups in total. The van der Waals surface area contributed by atoms with Crippen molar-refractivity contribution in [2.24, 2.45) is 5.73 Å². The van der Waals surface area contributed by atoms with Crippen LogP contribution in [0.3, 0.4) is 0 Å². The van der Waals surface area contributed by atoms with Crippen LogP contribution in [0, 0.1) is 0 Å². The lowest BCUT2D eigenvalue weighted by Crippen LogP contribution is -2.07. The quantitative estimate of drug-likeness (QED) is 0.677. The summed E-state index contributed by atoms with van der Waals surface area (Å²) in [4.78, 5) is 12.4. The Morgan fingerprint density at radius 2 is 1.78 bits per heavy atom. The molecule has 2 aromatic carbocycles. The highest BCUT2D eigenvalue weighted by molar-refractivity contribution is 7.24. The summed E-state index contributed by atoms with van der Waals surface area (Å²) in [6.45, 7) is 1.93. The smallest absolute Gasteiger partial charge is 0.195 e. The molecular formula is C15H13NOS. The molecule has 0 saturated heterocycles. The molecule has 0 saturated carbocycles. The van der Waals surface area contributed by atoms with Crippen LogP contribution in [-0.2, 0) is 0 Å². The van der Waals surface area contributed by atoms with E-state index in [2.05, 4.69) is 0 Å². The monoisotopic (exact) mass is 255 g/mol. The first-order valence-electron chi connectivity index (χ1n) is 5.88. The Labute approximate surface area is 109 Å². The van der Waals surface area contributed by atoms with Crippen molar-refractivity contribution in [3.63, 3.8) is 0 Å². The Morgan fingerprint density at radius 3 is 2.56 bits per heavy atom. The lowest BCUT2D eigenvalue weighted by molar-refractivity contribution is 0.820. The van der Waals surface area contributed by atoms with Gasteiger partial charge in [-0.1, -0.05) is 18.2 Å². The van der Waals surface area contributed by atoms with Gasteiger partial charge < -0.3 is 5.73 Å². The summed E-state index contributed by atoms with van der Waals surface area (Å²) < 4.78 is 2.05. The molecule has 1 unspecified atom stereocenters. The zero-order valence-corrected chi connectivity index (χ0v) is 10.8. The maximum absolute atomic E-state index is 12.4. The number of rotatable bonds is 1. The number of hydrogen-bond acceptors (Lipinski definition) is 3. The second-order valence-corrected chi connectivity index (χ2v) is 5.56. The fraction of sp³-hybridized carbons (Fsp3) is 0.133. The topological polar surface area (TPSA) is 43.1 Å². The van der Waals surface area contributed by atoms with Gasteiger partial charge >= 0.3 is 0 Å². The molecule has 1 atom stereocenters. The molecule has 0 bridgehead atoms. The van der Waals surface area contributed by atoms with Gasteiger partial charge in [0.05, 0.1) is 0 Å². The molecule has 1 heterocycles. The molecule has 0 fully saturated rings. The number of fused-ring (bicyclic) bond motifs is 2. The summed E-state index contributed by atoms with van der Waals surface area (Å²) in [6, 6.07) is 13.6. The van der Waals surface area contributed by atoms with Crippen LogP contribution in [0.2, 0.25) is 0 Å². The van der Waals surface area contributed by atoms with Gasteiger partial charge in [0, 0.05) is 26.2 Å². The van der Waals surface area contributed by atoms with Gasteiger partial charge in [0.15, 0.2) is 5.43 Å². The van der Waals surface area contributed by atoms with Gasteiger partial charge in [0.1, 0.15) is 0 Å². The van der Waals surface area contributed by atoms with Crippen LogP contribution < -0.4 is 11.2 Å². The van der Waals surface area contributed by atoms with Crippen LogP contribution in [0.1, 0.15) is 18.5 Å². The Bertz CT molecular complexity index is 789. The average Bonchev–Trinajstić information content (AvgIpc) is 2.38. The zero-order chi connectivity index (χ0) is 12.7. The number of nitrogens with two attached hydrogens (primary N) is 1. The highest BCUT2D eigenvalue weighted by Crippen LogP contribution is 2.26. The van der Waals surface area contributed by atoms with E-state index in [1.807, 2.05) is 49.4 Å². The predicted octanol–water partition coefficient (Wildman–Crippen LogP) is 3.43. The Hall–Kier alpha value is -1.71. The van der Waals surface area contributed by atoms with E-state index in [9.17, 15) is 4.79 Å². The van der Waals surface area contributed by atoms with E-state index in [0.29, 0.717) is 0 Å². The van der Waals surface area contributed by atoms with Gasteiger partial charge in [-0.05, 0) is 36.8 Å². The lowest BCUT2D eigenvalue weighted by atomic mass is 10.1. The highest BCUT2D eigenvalue weighted by atomic mass is 32.1. The minimum atomic E-state index is -0.0507. The molecule has 3 heteroatoms. The molecule has 0 radical (unpaired) electrons. The molecule has 1 aromatic heterocycles. The van der Waals surface area contributed by atoms with Crippen LogP contribution in [0.25, 0.3) is 20.2 Å². The van der Waals surface area contributed by atoms with Gasteiger partial charge in [-0.15, -0.1) is 11.3 Å². The van der Waals surface area contributed by atoms with E-state index >= 15 is 0 Å². The van der Waals surface area contributed by atoms with Gasteiger partial charge in [-0.3, -0.25) is 4.79 Å². The van der Waals surface area contributed by atoms with Crippen LogP contribution in [0.5, 0.6) is 0 Å². The van der Waals surface area contributed by atoms with Gasteiger partial charge in [0.25, 0.3) is 0 Å². The molecule has 0 aliphatic heterocycles. The van der Waals surface area contributed by atoms with Crippen molar-refractivity contribution in [3.05, 3.63) is 58.3 Å².